The van der Waals surface area contributed by atoms with Gasteiger partial charge in [-0.15, -0.1) is 0 Å². The van der Waals surface area contributed by atoms with Crippen LogP contribution in [0.3, 0.4) is 0 Å². The van der Waals surface area contributed by atoms with Crippen LogP contribution in [0.1, 0.15) is 58.8 Å². The maximum absolute atomic E-state index is 12.1. The molecular formula is C19H37N5O. The SMILES string of the molecule is CCNC(=NCC(=O)N1CCCC1)NCCCCN1CCCCC1C. The topological polar surface area (TPSA) is 60.0 Å². The fraction of sp³-hybridized carbons (Fsp3) is 0.895. The normalized spacial score (nSPS) is 22.2. The number of nitrogens with one attached hydrogen (secondary N) is 2. The first-order chi connectivity index (χ1) is 12.2. The summed E-state index contributed by atoms with van der Waals surface area (Å²) in [5.41, 5.74) is 0. The molecule has 2 heterocycles. The summed E-state index contributed by atoms with van der Waals surface area (Å²) in [4.78, 5) is 21.1. The zero-order valence-electron chi connectivity index (χ0n) is 16.2. The largest absolute Gasteiger partial charge is 0.357 e. The van der Waals surface area contributed by atoms with E-state index in [9.17, 15) is 4.79 Å². The lowest BCUT2D eigenvalue weighted by Crippen LogP contribution is -2.40. The predicted molar refractivity (Wildman–Crippen MR) is 104 cm³/mol. The van der Waals surface area contributed by atoms with Gasteiger partial charge in [-0.1, -0.05) is 6.42 Å². The number of hydrogen-bond donors (Lipinski definition) is 2. The van der Waals surface area contributed by atoms with Crippen molar-refractivity contribution in [1.82, 2.24) is 20.4 Å². The lowest BCUT2D eigenvalue weighted by atomic mass is 10.0. The maximum Gasteiger partial charge on any atom is 0.244 e. The molecule has 1 unspecified atom stereocenters. The zero-order valence-corrected chi connectivity index (χ0v) is 16.2. The third-order valence-corrected chi connectivity index (χ3v) is 5.28. The van der Waals surface area contributed by atoms with E-state index in [1.165, 1.54) is 38.8 Å². The molecule has 1 atom stereocenters. The first kappa shape index (κ1) is 20.0. The van der Waals surface area contributed by atoms with Gasteiger partial charge in [-0.2, -0.15) is 0 Å². The molecule has 6 nitrogen and oxygen atoms in total. The summed E-state index contributed by atoms with van der Waals surface area (Å²) in [6, 6.07) is 0.747. The Labute approximate surface area is 153 Å². The van der Waals surface area contributed by atoms with Crippen molar-refractivity contribution in [1.29, 1.82) is 0 Å². The monoisotopic (exact) mass is 351 g/mol. The van der Waals surface area contributed by atoms with E-state index in [1.54, 1.807) is 0 Å². The summed E-state index contributed by atoms with van der Waals surface area (Å²) in [5.74, 6) is 0.912. The fourth-order valence-electron chi connectivity index (χ4n) is 3.69. The summed E-state index contributed by atoms with van der Waals surface area (Å²) in [5, 5.41) is 6.60. The highest BCUT2D eigenvalue weighted by molar-refractivity contribution is 5.85. The van der Waals surface area contributed by atoms with Gasteiger partial charge in [0, 0.05) is 32.2 Å². The van der Waals surface area contributed by atoms with Crippen molar-refractivity contribution in [3.63, 3.8) is 0 Å². The lowest BCUT2D eigenvalue weighted by molar-refractivity contribution is -0.128. The second-order valence-electron chi connectivity index (χ2n) is 7.30. The first-order valence-electron chi connectivity index (χ1n) is 10.2. The minimum absolute atomic E-state index is 0.147. The number of nitrogens with zero attached hydrogens (tertiary/aromatic N) is 3. The Morgan fingerprint density at radius 1 is 1.08 bits per heavy atom. The number of likely N-dealkylation sites (tertiary alicyclic amines) is 2. The number of carbonyl (C=O) groups is 1. The number of hydrogen-bond acceptors (Lipinski definition) is 3. The molecule has 2 aliphatic rings. The number of unbranched alkanes of at least 4 members (excludes halogenated alkanes) is 1. The van der Waals surface area contributed by atoms with E-state index in [2.05, 4.69) is 34.4 Å². The molecular weight excluding hydrogens is 314 g/mol. The van der Waals surface area contributed by atoms with Crippen LogP contribution >= 0.6 is 0 Å². The molecule has 6 heteroatoms. The van der Waals surface area contributed by atoms with E-state index in [0.717, 1.165) is 57.4 Å². The highest BCUT2D eigenvalue weighted by Gasteiger charge is 2.18. The van der Waals surface area contributed by atoms with Gasteiger partial charge in [0.2, 0.25) is 5.91 Å². The van der Waals surface area contributed by atoms with E-state index < -0.39 is 0 Å². The fourth-order valence-corrected chi connectivity index (χ4v) is 3.69. The van der Waals surface area contributed by atoms with Gasteiger partial charge in [-0.05, 0) is 65.5 Å². The van der Waals surface area contributed by atoms with Crippen molar-refractivity contribution in [3.8, 4) is 0 Å². The molecule has 2 aliphatic heterocycles. The number of guanidine groups is 1. The third-order valence-electron chi connectivity index (χ3n) is 5.28. The molecule has 0 aliphatic carbocycles. The molecule has 0 bridgehead atoms. The third kappa shape index (κ3) is 7.22. The van der Waals surface area contributed by atoms with Crippen LogP contribution in [0.5, 0.6) is 0 Å². The molecule has 0 saturated carbocycles. The van der Waals surface area contributed by atoms with Crippen molar-refractivity contribution >= 4 is 11.9 Å². The number of aliphatic imine (C=N–C) groups is 1. The summed E-state index contributed by atoms with van der Waals surface area (Å²) in [7, 11) is 0. The van der Waals surface area contributed by atoms with Crippen molar-refractivity contribution < 1.29 is 4.79 Å². The molecule has 0 aromatic heterocycles. The summed E-state index contributed by atoms with van der Waals surface area (Å²) < 4.78 is 0. The van der Waals surface area contributed by atoms with E-state index >= 15 is 0 Å². The second kappa shape index (κ2) is 11.3. The van der Waals surface area contributed by atoms with Gasteiger partial charge >= 0.3 is 0 Å². The zero-order chi connectivity index (χ0) is 17.9. The van der Waals surface area contributed by atoms with Crippen molar-refractivity contribution in [2.45, 2.75) is 64.8 Å². The molecule has 2 N–H and O–H groups in total. The molecule has 144 valence electrons. The molecule has 2 fully saturated rings. The van der Waals surface area contributed by atoms with E-state index in [4.69, 9.17) is 0 Å². The Kier molecular flexibility index (Phi) is 9.08. The Balaban J connectivity index is 1.62. The Morgan fingerprint density at radius 2 is 1.84 bits per heavy atom. The van der Waals surface area contributed by atoms with Crippen LogP contribution in [0.15, 0.2) is 4.99 Å². The van der Waals surface area contributed by atoms with E-state index in [0.29, 0.717) is 0 Å². The van der Waals surface area contributed by atoms with Crippen molar-refractivity contribution in [2.75, 3.05) is 45.8 Å². The van der Waals surface area contributed by atoms with Crippen LogP contribution in [0.25, 0.3) is 0 Å². The highest BCUT2D eigenvalue weighted by atomic mass is 16.2. The first-order valence-corrected chi connectivity index (χ1v) is 10.2. The Morgan fingerprint density at radius 3 is 2.56 bits per heavy atom. The molecule has 0 spiro atoms. The molecule has 0 aromatic carbocycles. The van der Waals surface area contributed by atoms with Gasteiger partial charge in [-0.25, -0.2) is 4.99 Å². The Hall–Kier alpha value is -1.30. The van der Waals surface area contributed by atoms with Gasteiger partial charge in [0.25, 0.3) is 0 Å². The van der Waals surface area contributed by atoms with Crippen LogP contribution in [-0.4, -0.2) is 73.5 Å². The van der Waals surface area contributed by atoms with E-state index in [-0.39, 0.29) is 12.5 Å². The van der Waals surface area contributed by atoms with Crippen LogP contribution in [0.4, 0.5) is 0 Å². The van der Waals surface area contributed by atoms with Gasteiger partial charge in [-0.3, -0.25) is 4.79 Å². The summed E-state index contributed by atoms with van der Waals surface area (Å²) >= 11 is 0. The number of amides is 1. The van der Waals surface area contributed by atoms with Gasteiger partial charge in [0.15, 0.2) is 5.96 Å². The standard InChI is InChI=1S/C19H37N5O/c1-3-20-19(22-16-18(25)24-14-8-9-15-24)21-11-5-7-13-23-12-6-4-10-17(23)2/h17H,3-16H2,1-2H3,(H2,20,21,22). The minimum Gasteiger partial charge on any atom is -0.357 e. The highest BCUT2D eigenvalue weighted by Crippen LogP contribution is 2.16. The van der Waals surface area contributed by atoms with Crippen molar-refractivity contribution in [2.24, 2.45) is 4.99 Å². The molecule has 0 radical (unpaired) electrons. The lowest BCUT2D eigenvalue weighted by Gasteiger charge is -2.33. The van der Waals surface area contributed by atoms with Crippen LogP contribution in [0.2, 0.25) is 0 Å². The Bertz CT molecular complexity index is 420. The van der Waals surface area contributed by atoms with Gasteiger partial charge in [0.1, 0.15) is 6.54 Å². The molecule has 2 rings (SSSR count). The number of piperidine rings is 1. The smallest absolute Gasteiger partial charge is 0.244 e. The average molecular weight is 352 g/mol. The van der Waals surface area contributed by atoms with Crippen LogP contribution in [0, 0.1) is 0 Å². The number of rotatable bonds is 8. The van der Waals surface area contributed by atoms with Gasteiger partial charge < -0.3 is 20.4 Å². The maximum atomic E-state index is 12.1. The van der Waals surface area contributed by atoms with Crippen LogP contribution < -0.4 is 10.6 Å². The molecule has 2 saturated heterocycles. The quantitative estimate of drug-likeness (QED) is 0.398. The molecule has 1 amide bonds. The van der Waals surface area contributed by atoms with Gasteiger partial charge in [0.05, 0.1) is 0 Å². The minimum atomic E-state index is 0.147. The van der Waals surface area contributed by atoms with Crippen molar-refractivity contribution in [3.05, 3.63) is 0 Å². The predicted octanol–water partition coefficient (Wildman–Crippen LogP) is 1.82. The molecule has 0 aromatic rings. The van der Waals surface area contributed by atoms with E-state index in [1.807, 2.05) is 4.90 Å². The summed E-state index contributed by atoms with van der Waals surface area (Å²) in [6.45, 7) is 10.6. The second-order valence-corrected chi connectivity index (χ2v) is 7.30. The number of carbonyl (C=O) groups excluding carboxylic acids is 1. The molecule has 25 heavy (non-hydrogen) atoms. The summed E-state index contributed by atoms with van der Waals surface area (Å²) in [6.07, 6.45) is 8.69. The van der Waals surface area contributed by atoms with Crippen LogP contribution in [-0.2, 0) is 4.79 Å². The average Bonchev–Trinajstić information content (AvgIpc) is 3.15.